The highest BCUT2D eigenvalue weighted by atomic mass is 32.1. The third-order valence-corrected chi connectivity index (χ3v) is 5.44. The van der Waals surface area contributed by atoms with E-state index < -0.39 is 0 Å². The number of hydrogen-bond donors (Lipinski definition) is 2. The van der Waals surface area contributed by atoms with E-state index in [1.165, 1.54) is 11.3 Å². The molecule has 3 aromatic rings. The predicted octanol–water partition coefficient (Wildman–Crippen LogP) is 5.22. The van der Waals surface area contributed by atoms with Crippen molar-refractivity contribution in [3.63, 3.8) is 0 Å². The number of aromatic nitrogens is 1. The molecule has 2 heterocycles. The van der Waals surface area contributed by atoms with E-state index in [-0.39, 0.29) is 5.91 Å². The summed E-state index contributed by atoms with van der Waals surface area (Å²) in [6.07, 6.45) is 2.11. The van der Waals surface area contributed by atoms with E-state index in [4.69, 9.17) is 0 Å². The van der Waals surface area contributed by atoms with Crippen LogP contribution < -0.4 is 15.5 Å². The first-order chi connectivity index (χ1) is 13.6. The monoisotopic (exact) mass is 394 g/mol. The first-order valence-electron chi connectivity index (χ1n) is 9.50. The molecule has 2 N–H and O–H groups in total. The number of aryl methyl sites for hydroxylation is 1. The highest BCUT2D eigenvalue weighted by molar-refractivity contribution is 7.10. The Bertz CT molecular complexity index is 903. The average Bonchev–Trinajstić information content (AvgIpc) is 3.19. The van der Waals surface area contributed by atoms with Gasteiger partial charge in [0.25, 0.3) is 0 Å². The zero-order chi connectivity index (χ0) is 19.9. The Morgan fingerprint density at radius 2 is 1.96 bits per heavy atom. The van der Waals surface area contributed by atoms with Crippen LogP contribution in [0.2, 0.25) is 0 Å². The van der Waals surface area contributed by atoms with Gasteiger partial charge in [0.1, 0.15) is 5.82 Å². The van der Waals surface area contributed by atoms with Crippen molar-refractivity contribution in [3.05, 3.63) is 64.5 Å². The molecule has 0 atom stereocenters. The molecule has 5 nitrogen and oxygen atoms in total. The summed E-state index contributed by atoms with van der Waals surface area (Å²) < 4.78 is 0. The number of anilines is 4. The molecule has 6 heteroatoms. The second-order valence-electron chi connectivity index (χ2n) is 6.53. The molecule has 2 aromatic heterocycles. The molecular formula is C22H26N4OS. The third-order valence-electron chi connectivity index (χ3n) is 4.56. The minimum absolute atomic E-state index is 0.0569. The molecule has 0 aliphatic rings. The zero-order valence-electron chi connectivity index (χ0n) is 16.5. The Morgan fingerprint density at radius 3 is 2.57 bits per heavy atom. The summed E-state index contributed by atoms with van der Waals surface area (Å²) in [4.78, 5) is 19.8. The van der Waals surface area contributed by atoms with E-state index in [1.54, 1.807) is 17.5 Å². The first-order valence-corrected chi connectivity index (χ1v) is 10.4. The van der Waals surface area contributed by atoms with Crippen molar-refractivity contribution < 1.29 is 4.79 Å². The van der Waals surface area contributed by atoms with E-state index in [0.717, 1.165) is 29.3 Å². The second kappa shape index (κ2) is 9.37. The van der Waals surface area contributed by atoms with Gasteiger partial charge >= 0.3 is 0 Å². The summed E-state index contributed by atoms with van der Waals surface area (Å²) in [5, 5.41) is 8.21. The molecule has 0 fully saturated rings. The normalized spacial score (nSPS) is 10.5. The van der Waals surface area contributed by atoms with E-state index in [0.29, 0.717) is 12.2 Å². The summed E-state index contributed by atoms with van der Waals surface area (Å²) in [5.41, 5.74) is 4.34. The van der Waals surface area contributed by atoms with Crippen molar-refractivity contribution in [2.75, 3.05) is 28.6 Å². The summed E-state index contributed by atoms with van der Waals surface area (Å²) in [6, 6.07) is 14.1. The first kappa shape index (κ1) is 19.9. The predicted molar refractivity (Wildman–Crippen MR) is 119 cm³/mol. The number of thiophene rings is 1. The number of rotatable bonds is 8. The quantitative estimate of drug-likeness (QED) is 0.550. The summed E-state index contributed by atoms with van der Waals surface area (Å²) >= 11 is 1.58. The Morgan fingerprint density at radius 1 is 1.14 bits per heavy atom. The van der Waals surface area contributed by atoms with E-state index in [2.05, 4.69) is 59.5 Å². The van der Waals surface area contributed by atoms with Gasteiger partial charge in [0, 0.05) is 29.3 Å². The van der Waals surface area contributed by atoms with E-state index >= 15 is 0 Å². The minimum Gasteiger partial charge on any atom is -0.372 e. The van der Waals surface area contributed by atoms with Crippen LogP contribution in [-0.4, -0.2) is 24.0 Å². The molecule has 0 saturated heterocycles. The van der Waals surface area contributed by atoms with Gasteiger partial charge in [0.2, 0.25) is 5.91 Å². The molecule has 146 valence electrons. The lowest BCUT2D eigenvalue weighted by molar-refractivity contribution is -0.115. The van der Waals surface area contributed by atoms with Crippen molar-refractivity contribution in [2.24, 2.45) is 0 Å². The number of hydrogen-bond acceptors (Lipinski definition) is 5. The van der Waals surface area contributed by atoms with Gasteiger partial charge in [-0.3, -0.25) is 4.79 Å². The van der Waals surface area contributed by atoms with Crippen LogP contribution in [0.4, 0.5) is 22.9 Å². The fourth-order valence-electron chi connectivity index (χ4n) is 3.03. The standard InChI is InChI=1S/C22H26N4OS/c1-4-26(5-2)18-9-10-20(16(3)13-18)24-17-8-11-21(23-15-17)25-22(27)14-19-7-6-12-28-19/h6-13,15,24H,4-5,14H2,1-3H3,(H,23,25,27). The summed E-state index contributed by atoms with van der Waals surface area (Å²) in [6.45, 7) is 8.41. The number of carbonyl (C=O) groups is 1. The molecule has 0 radical (unpaired) electrons. The maximum atomic E-state index is 12.1. The molecule has 0 spiro atoms. The third kappa shape index (κ3) is 5.10. The van der Waals surface area contributed by atoms with Gasteiger partial charge in [0.15, 0.2) is 0 Å². The lowest BCUT2D eigenvalue weighted by Crippen LogP contribution is -2.21. The lowest BCUT2D eigenvalue weighted by Gasteiger charge is -2.22. The van der Waals surface area contributed by atoms with Gasteiger partial charge in [-0.2, -0.15) is 0 Å². The Hall–Kier alpha value is -2.86. The van der Waals surface area contributed by atoms with Gasteiger partial charge in [0.05, 0.1) is 18.3 Å². The molecule has 0 aliphatic heterocycles. The van der Waals surface area contributed by atoms with Crippen LogP contribution in [0, 0.1) is 6.92 Å². The van der Waals surface area contributed by atoms with Gasteiger partial charge in [-0.25, -0.2) is 4.98 Å². The largest absolute Gasteiger partial charge is 0.372 e. The highest BCUT2D eigenvalue weighted by Gasteiger charge is 2.07. The molecule has 28 heavy (non-hydrogen) atoms. The van der Waals surface area contributed by atoms with Crippen molar-refractivity contribution >= 4 is 40.1 Å². The fourth-order valence-corrected chi connectivity index (χ4v) is 3.73. The summed E-state index contributed by atoms with van der Waals surface area (Å²) in [5.74, 6) is 0.499. The smallest absolute Gasteiger partial charge is 0.230 e. The topological polar surface area (TPSA) is 57.3 Å². The SMILES string of the molecule is CCN(CC)c1ccc(Nc2ccc(NC(=O)Cc3cccs3)nc2)c(C)c1. The van der Waals surface area contributed by atoms with Crippen molar-refractivity contribution in [3.8, 4) is 0 Å². The van der Waals surface area contributed by atoms with Crippen molar-refractivity contribution in [1.29, 1.82) is 0 Å². The lowest BCUT2D eigenvalue weighted by atomic mass is 10.1. The Balaban J connectivity index is 1.61. The molecule has 0 bridgehead atoms. The molecule has 3 rings (SSSR count). The number of amides is 1. The van der Waals surface area contributed by atoms with Crippen molar-refractivity contribution in [1.82, 2.24) is 4.98 Å². The number of benzene rings is 1. The number of nitrogens with one attached hydrogen (secondary N) is 2. The number of carbonyl (C=O) groups excluding carboxylic acids is 1. The van der Waals surface area contributed by atoms with Crippen LogP contribution in [0.3, 0.4) is 0 Å². The molecular weight excluding hydrogens is 368 g/mol. The van der Waals surface area contributed by atoms with Gasteiger partial charge in [-0.05, 0) is 68.1 Å². The van der Waals surface area contributed by atoms with E-state index in [9.17, 15) is 4.79 Å². The Labute approximate surface area is 170 Å². The number of nitrogens with zero attached hydrogens (tertiary/aromatic N) is 2. The van der Waals surface area contributed by atoms with Gasteiger partial charge in [-0.15, -0.1) is 11.3 Å². The Kier molecular flexibility index (Phi) is 6.66. The second-order valence-corrected chi connectivity index (χ2v) is 7.57. The molecule has 0 unspecified atom stereocenters. The maximum Gasteiger partial charge on any atom is 0.230 e. The maximum absolute atomic E-state index is 12.1. The van der Waals surface area contributed by atoms with Crippen LogP contribution in [0.25, 0.3) is 0 Å². The highest BCUT2D eigenvalue weighted by Crippen LogP contribution is 2.25. The molecule has 0 aliphatic carbocycles. The zero-order valence-corrected chi connectivity index (χ0v) is 17.3. The van der Waals surface area contributed by atoms with E-state index in [1.807, 2.05) is 29.6 Å². The minimum atomic E-state index is -0.0569. The molecule has 1 amide bonds. The number of pyridine rings is 1. The fraction of sp³-hybridized carbons (Fsp3) is 0.273. The summed E-state index contributed by atoms with van der Waals surface area (Å²) in [7, 11) is 0. The van der Waals surface area contributed by atoms with Crippen LogP contribution >= 0.6 is 11.3 Å². The van der Waals surface area contributed by atoms with Gasteiger partial charge < -0.3 is 15.5 Å². The van der Waals surface area contributed by atoms with Crippen molar-refractivity contribution in [2.45, 2.75) is 27.2 Å². The van der Waals surface area contributed by atoms with Crippen LogP contribution in [0.5, 0.6) is 0 Å². The molecule has 0 saturated carbocycles. The van der Waals surface area contributed by atoms with Crippen LogP contribution in [0.1, 0.15) is 24.3 Å². The van der Waals surface area contributed by atoms with Crippen LogP contribution in [-0.2, 0) is 11.2 Å². The van der Waals surface area contributed by atoms with Gasteiger partial charge in [-0.1, -0.05) is 6.07 Å². The average molecular weight is 395 g/mol. The molecule has 1 aromatic carbocycles. The van der Waals surface area contributed by atoms with Crippen LogP contribution in [0.15, 0.2) is 54.0 Å².